The first-order valence-electron chi connectivity index (χ1n) is 7.00. The highest BCUT2D eigenvalue weighted by Crippen LogP contribution is 2.31. The molecule has 0 bridgehead atoms. The van der Waals surface area contributed by atoms with Gasteiger partial charge < -0.3 is 5.73 Å². The van der Waals surface area contributed by atoms with Crippen LogP contribution in [0.4, 0.5) is 5.95 Å². The van der Waals surface area contributed by atoms with Crippen molar-refractivity contribution in [3.63, 3.8) is 0 Å². The molecule has 1 aliphatic rings. The lowest BCUT2D eigenvalue weighted by Crippen LogP contribution is -2.12. The third-order valence-corrected chi connectivity index (χ3v) is 3.96. The highest BCUT2D eigenvalue weighted by Gasteiger charge is 2.20. The van der Waals surface area contributed by atoms with Crippen molar-refractivity contribution in [1.82, 2.24) is 15.0 Å². The Morgan fingerprint density at radius 3 is 2.60 bits per heavy atom. The molecule has 1 fully saturated rings. The third-order valence-electron chi connectivity index (χ3n) is 3.72. The zero-order valence-electron chi connectivity index (χ0n) is 11.2. The van der Waals surface area contributed by atoms with E-state index < -0.39 is 0 Å². The van der Waals surface area contributed by atoms with E-state index in [1.165, 1.54) is 19.3 Å². The fraction of sp³-hybridized carbons (Fsp3) is 0.400. The quantitative estimate of drug-likeness (QED) is 0.912. The Bertz CT molecular complexity index is 609. The number of halogens is 1. The third kappa shape index (κ3) is 2.90. The Morgan fingerprint density at radius 1 is 1.05 bits per heavy atom. The van der Waals surface area contributed by atoms with Crippen LogP contribution in [0.3, 0.4) is 0 Å². The minimum Gasteiger partial charge on any atom is -0.368 e. The second kappa shape index (κ2) is 5.75. The van der Waals surface area contributed by atoms with E-state index in [1.807, 2.05) is 24.3 Å². The standard InChI is InChI=1S/C15H17ClN4/c16-12-8-4-7-11(9-12)14-18-13(19-15(17)20-14)10-5-2-1-3-6-10/h4,7-10H,1-3,5-6H2,(H2,17,18,19,20). The van der Waals surface area contributed by atoms with Crippen molar-refractivity contribution in [2.75, 3.05) is 5.73 Å². The minimum absolute atomic E-state index is 0.288. The molecule has 2 aromatic rings. The van der Waals surface area contributed by atoms with Gasteiger partial charge in [0, 0.05) is 16.5 Å². The molecule has 0 atom stereocenters. The number of aromatic nitrogens is 3. The van der Waals surface area contributed by atoms with Crippen LogP contribution >= 0.6 is 11.6 Å². The van der Waals surface area contributed by atoms with Gasteiger partial charge in [0.05, 0.1) is 0 Å². The van der Waals surface area contributed by atoms with E-state index in [0.29, 0.717) is 16.8 Å². The zero-order valence-corrected chi connectivity index (χ0v) is 12.0. The molecule has 0 unspecified atom stereocenters. The van der Waals surface area contributed by atoms with Crippen LogP contribution in [0.2, 0.25) is 5.02 Å². The second-order valence-electron chi connectivity index (χ2n) is 5.22. The number of hydrogen-bond donors (Lipinski definition) is 1. The van der Waals surface area contributed by atoms with E-state index in [0.717, 1.165) is 24.2 Å². The maximum absolute atomic E-state index is 6.02. The average Bonchev–Trinajstić information content (AvgIpc) is 2.47. The number of rotatable bonds is 2. The molecule has 0 spiro atoms. The Hall–Kier alpha value is -1.68. The van der Waals surface area contributed by atoms with Crippen LogP contribution in [-0.2, 0) is 0 Å². The molecule has 0 aliphatic heterocycles. The first-order valence-corrected chi connectivity index (χ1v) is 7.37. The monoisotopic (exact) mass is 288 g/mol. The Morgan fingerprint density at radius 2 is 1.85 bits per heavy atom. The van der Waals surface area contributed by atoms with Crippen LogP contribution < -0.4 is 5.73 Å². The highest BCUT2D eigenvalue weighted by molar-refractivity contribution is 6.30. The number of benzene rings is 1. The normalized spacial score (nSPS) is 16.2. The van der Waals surface area contributed by atoms with Crippen molar-refractivity contribution in [3.05, 3.63) is 35.1 Å². The molecule has 2 N–H and O–H groups in total. The SMILES string of the molecule is Nc1nc(-c2cccc(Cl)c2)nc(C2CCCCC2)n1. The second-order valence-corrected chi connectivity index (χ2v) is 5.66. The summed E-state index contributed by atoms with van der Waals surface area (Å²) >= 11 is 6.02. The lowest BCUT2D eigenvalue weighted by molar-refractivity contribution is 0.428. The van der Waals surface area contributed by atoms with Crippen molar-refractivity contribution in [1.29, 1.82) is 0 Å². The summed E-state index contributed by atoms with van der Waals surface area (Å²) in [6, 6.07) is 7.50. The van der Waals surface area contributed by atoms with Crippen LogP contribution in [0.25, 0.3) is 11.4 Å². The van der Waals surface area contributed by atoms with Gasteiger partial charge in [-0.3, -0.25) is 0 Å². The van der Waals surface area contributed by atoms with E-state index in [2.05, 4.69) is 15.0 Å². The molecule has 0 amide bonds. The molecule has 0 radical (unpaired) electrons. The van der Waals surface area contributed by atoms with E-state index in [4.69, 9.17) is 17.3 Å². The van der Waals surface area contributed by atoms with Crippen molar-refractivity contribution < 1.29 is 0 Å². The number of nitrogen functional groups attached to an aromatic ring is 1. The fourth-order valence-electron chi connectivity index (χ4n) is 2.71. The predicted molar refractivity (Wildman–Crippen MR) is 80.5 cm³/mol. The summed E-state index contributed by atoms with van der Waals surface area (Å²) in [5.74, 6) is 2.13. The van der Waals surface area contributed by atoms with Crippen molar-refractivity contribution in [3.8, 4) is 11.4 Å². The van der Waals surface area contributed by atoms with Gasteiger partial charge in [0.2, 0.25) is 5.95 Å². The van der Waals surface area contributed by atoms with Gasteiger partial charge in [0.1, 0.15) is 5.82 Å². The summed E-state index contributed by atoms with van der Waals surface area (Å²) < 4.78 is 0. The van der Waals surface area contributed by atoms with Gasteiger partial charge in [-0.15, -0.1) is 0 Å². The van der Waals surface area contributed by atoms with Crippen LogP contribution in [0.15, 0.2) is 24.3 Å². The minimum atomic E-state index is 0.288. The fourth-order valence-corrected chi connectivity index (χ4v) is 2.90. The smallest absolute Gasteiger partial charge is 0.223 e. The van der Waals surface area contributed by atoms with Gasteiger partial charge in [-0.1, -0.05) is 43.0 Å². The lowest BCUT2D eigenvalue weighted by Gasteiger charge is -2.20. The van der Waals surface area contributed by atoms with E-state index >= 15 is 0 Å². The molecule has 0 saturated heterocycles. The van der Waals surface area contributed by atoms with Crippen LogP contribution in [0.5, 0.6) is 0 Å². The molecular weight excluding hydrogens is 272 g/mol. The molecule has 5 heteroatoms. The summed E-state index contributed by atoms with van der Waals surface area (Å²) in [6.45, 7) is 0. The summed E-state index contributed by atoms with van der Waals surface area (Å²) in [7, 11) is 0. The lowest BCUT2D eigenvalue weighted by atomic mass is 9.89. The number of nitrogens with zero attached hydrogens (tertiary/aromatic N) is 3. The average molecular weight is 289 g/mol. The molecular formula is C15H17ClN4. The number of hydrogen-bond acceptors (Lipinski definition) is 4. The van der Waals surface area contributed by atoms with E-state index in [9.17, 15) is 0 Å². The Kier molecular flexibility index (Phi) is 3.83. The van der Waals surface area contributed by atoms with Crippen molar-refractivity contribution in [2.24, 2.45) is 0 Å². The molecule has 1 aromatic carbocycles. The largest absolute Gasteiger partial charge is 0.368 e. The molecule has 104 valence electrons. The molecule has 1 heterocycles. The zero-order chi connectivity index (χ0) is 13.9. The van der Waals surface area contributed by atoms with Crippen LogP contribution in [-0.4, -0.2) is 15.0 Å². The molecule has 1 saturated carbocycles. The van der Waals surface area contributed by atoms with Crippen LogP contribution in [0.1, 0.15) is 43.8 Å². The van der Waals surface area contributed by atoms with Gasteiger partial charge in [-0.2, -0.15) is 9.97 Å². The topological polar surface area (TPSA) is 64.7 Å². The van der Waals surface area contributed by atoms with E-state index in [1.54, 1.807) is 0 Å². The molecule has 3 rings (SSSR count). The summed E-state index contributed by atoms with van der Waals surface area (Å²) in [5, 5.41) is 0.667. The Labute approximate surface area is 123 Å². The van der Waals surface area contributed by atoms with E-state index in [-0.39, 0.29) is 5.95 Å². The maximum Gasteiger partial charge on any atom is 0.223 e. The predicted octanol–water partition coefficient (Wildman–Crippen LogP) is 3.82. The van der Waals surface area contributed by atoms with Gasteiger partial charge in [-0.05, 0) is 25.0 Å². The van der Waals surface area contributed by atoms with Gasteiger partial charge in [-0.25, -0.2) is 4.98 Å². The van der Waals surface area contributed by atoms with Crippen molar-refractivity contribution in [2.45, 2.75) is 38.0 Å². The highest BCUT2D eigenvalue weighted by atomic mass is 35.5. The summed E-state index contributed by atoms with van der Waals surface area (Å²) in [6.07, 6.45) is 6.06. The maximum atomic E-state index is 6.02. The summed E-state index contributed by atoms with van der Waals surface area (Å²) in [5.41, 5.74) is 6.72. The van der Waals surface area contributed by atoms with Crippen LogP contribution in [0, 0.1) is 0 Å². The first kappa shape index (κ1) is 13.3. The summed E-state index contributed by atoms with van der Waals surface area (Å²) in [4.78, 5) is 13.2. The number of anilines is 1. The number of nitrogens with two attached hydrogens (primary N) is 1. The van der Waals surface area contributed by atoms with Gasteiger partial charge in [0.15, 0.2) is 5.82 Å². The van der Waals surface area contributed by atoms with Gasteiger partial charge in [0.25, 0.3) is 0 Å². The molecule has 20 heavy (non-hydrogen) atoms. The van der Waals surface area contributed by atoms with Crippen molar-refractivity contribution >= 4 is 17.5 Å². The molecule has 1 aromatic heterocycles. The molecule has 4 nitrogen and oxygen atoms in total. The Balaban J connectivity index is 1.97. The van der Waals surface area contributed by atoms with Gasteiger partial charge >= 0.3 is 0 Å². The first-order chi connectivity index (χ1) is 9.72. The molecule has 1 aliphatic carbocycles.